The number of aryl methyl sites for hydroxylation is 2. The van der Waals surface area contributed by atoms with Crippen molar-refractivity contribution < 1.29 is 19.1 Å². The van der Waals surface area contributed by atoms with E-state index in [1.165, 1.54) is 16.7 Å². The van der Waals surface area contributed by atoms with E-state index < -0.39 is 11.2 Å². The fraction of sp³-hybridized carbons (Fsp3) is 0.455. The summed E-state index contributed by atoms with van der Waals surface area (Å²) in [6.45, 7) is 12.6. The van der Waals surface area contributed by atoms with Crippen molar-refractivity contribution in [2.75, 3.05) is 13.1 Å². The maximum Gasteiger partial charge on any atom is 0.410 e. The topological polar surface area (TPSA) is 125 Å². The van der Waals surface area contributed by atoms with E-state index >= 15 is 0 Å². The van der Waals surface area contributed by atoms with Crippen LogP contribution in [0, 0.1) is 5.92 Å². The van der Waals surface area contributed by atoms with E-state index in [2.05, 4.69) is 75.9 Å². The van der Waals surface area contributed by atoms with Crippen molar-refractivity contribution in [3.8, 4) is 33.5 Å². The van der Waals surface area contributed by atoms with Gasteiger partial charge < -0.3 is 24.8 Å². The average Bonchev–Trinajstić information content (AvgIpc) is 3.94. The van der Waals surface area contributed by atoms with E-state index in [9.17, 15) is 9.59 Å². The van der Waals surface area contributed by atoms with Gasteiger partial charge in [0.25, 0.3) is 0 Å². The molecule has 2 amide bonds. The maximum absolute atomic E-state index is 13.0. The number of nitrogens with one attached hydrogen (secondary N) is 3. The molecule has 8 rings (SSSR count). The number of amides is 2. The predicted octanol–water partition coefficient (Wildman–Crippen LogP) is 9.87. The van der Waals surface area contributed by atoms with E-state index in [0.717, 1.165) is 95.7 Å². The normalized spacial score (nSPS) is 19.8. The van der Waals surface area contributed by atoms with Crippen molar-refractivity contribution in [2.24, 2.45) is 5.92 Å². The van der Waals surface area contributed by atoms with Gasteiger partial charge in [0.05, 0.1) is 22.8 Å². The first kappa shape index (κ1) is 35.9. The lowest BCUT2D eigenvalue weighted by atomic mass is 9.89. The summed E-state index contributed by atoms with van der Waals surface area (Å²) in [5, 5.41) is 2.98. The molecule has 0 spiro atoms. The largest absolute Gasteiger partial charge is 0.444 e. The highest BCUT2D eigenvalue weighted by Crippen LogP contribution is 2.41. The van der Waals surface area contributed by atoms with Gasteiger partial charge in [-0.05, 0) is 126 Å². The molecule has 10 heteroatoms. The molecule has 3 N–H and O–H groups in total. The maximum atomic E-state index is 13.0. The number of rotatable bonds is 6. The molecule has 1 saturated carbocycles. The summed E-state index contributed by atoms with van der Waals surface area (Å²) < 4.78 is 11.2. The summed E-state index contributed by atoms with van der Waals surface area (Å²) >= 11 is 0. The molecule has 10 nitrogen and oxygen atoms in total. The lowest BCUT2D eigenvalue weighted by molar-refractivity contribution is 0.0218. The Balaban J connectivity index is 0.955. The molecular formula is C44H52N6O4. The van der Waals surface area contributed by atoms with Crippen LogP contribution in [0.2, 0.25) is 0 Å². The lowest BCUT2D eigenvalue weighted by Gasteiger charge is -2.27. The van der Waals surface area contributed by atoms with Crippen LogP contribution in [0.5, 0.6) is 0 Å². The van der Waals surface area contributed by atoms with Gasteiger partial charge in [-0.1, -0.05) is 55.0 Å². The smallest absolute Gasteiger partial charge is 0.410 e. The summed E-state index contributed by atoms with van der Waals surface area (Å²) in [4.78, 5) is 44.4. The van der Waals surface area contributed by atoms with Crippen LogP contribution < -0.4 is 5.32 Å². The van der Waals surface area contributed by atoms with E-state index in [-0.39, 0.29) is 24.1 Å². The van der Waals surface area contributed by atoms with Gasteiger partial charge >= 0.3 is 12.2 Å². The molecule has 3 aliphatic rings. The minimum atomic E-state index is -0.533. The number of H-pyrrole nitrogens is 2. The molecule has 3 aromatic carbocycles. The number of hydrogen-bond donors (Lipinski definition) is 3. The van der Waals surface area contributed by atoms with Gasteiger partial charge in [-0.15, -0.1) is 0 Å². The standard InChI is InChI=1S/C44H52N6O4/c1-43(2,3)53-41(51)45-25-31-9-7-10-33(31)39-46-34-20-17-29(24-36(34)48-39)27-14-12-26(13-15-27)28-16-19-32-30(23-28)18-21-35-38(32)49-40(47-35)37-11-8-22-50(37)42(52)54-44(4,5)6/h12-17,19-20,23-24,31,33,37H,7-11,18,21-22,25H2,1-6H3,(H,45,51)(H,46,48)(H,47,49). The van der Waals surface area contributed by atoms with E-state index in [0.29, 0.717) is 19.0 Å². The molecule has 282 valence electrons. The van der Waals surface area contributed by atoms with Crippen LogP contribution in [-0.4, -0.2) is 61.3 Å². The van der Waals surface area contributed by atoms with Crippen LogP contribution >= 0.6 is 0 Å². The number of benzene rings is 3. The van der Waals surface area contributed by atoms with Gasteiger partial charge in [0.2, 0.25) is 0 Å². The third kappa shape index (κ3) is 7.48. The second-order valence-corrected chi connectivity index (χ2v) is 17.3. The number of carbonyl (C=O) groups excluding carboxylic acids is 2. The van der Waals surface area contributed by atoms with Gasteiger partial charge in [0.1, 0.15) is 22.9 Å². The average molecular weight is 729 g/mol. The Labute approximate surface area is 317 Å². The number of aromatic amines is 2. The van der Waals surface area contributed by atoms with Crippen molar-refractivity contribution in [2.45, 2.75) is 110 Å². The molecule has 0 bridgehead atoms. The number of aromatic nitrogens is 4. The number of likely N-dealkylation sites (tertiary alicyclic amines) is 1. The van der Waals surface area contributed by atoms with Crippen LogP contribution in [0.4, 0.5) is 9.59 Å². The number of ether oxygens (including phenoxy) is 2. The van der Waals surface area contributed by atoms with Gasteiger partial charge in [0.15, 0.2) is 0 Å². The Bertz CT molecular complexity index is 2190. The third-order valence-electron chi connectivity index (χ3n) is 11.0. The molecule has 3 atom stereocenters. The minimum Gasteiger partial charge on any atom is -0.444 e. The number of carbonyl (C=O) groups is 2. The Morgan fingerprint density at radius 3 is 2.22 bits per heavy atom. The number of alkyl carbamates (subject to hydrolysis) is 1. The van der Waals surface area contributed by atoms with E-state index in [1.54, 1.807) is 0 Å². The number of nitrogens with zero attached hydrogens (tertiary/aromatic N) is 3. The molecule has 2 aliphatic carbocycles. The molecule has 3 heterocycles. The van der Waals surface area contributed by atoms with Crippen molar-refractivity contribution >= 4 is 23.2 Å². The molecule has 2 aromatic heterocycles. The molecular weight excluding hydrogens is 677 g/mol. The van der Waals surface area contributed by atoms with Crippen molar-refractivity contribution in [3.05, 3.63) is 83.6 Å². The zero-order valence-electron chi connectivity index (χ0n) is 32.3. The van der Waals surface area contributed by atoms with Crippen LogP contribution in [0.15, 0.2) is 60.7 Å². The molecule has 2 fully saturated rings. The molecule has 1 saturated heterocycles. The van der Waals surface area contributed by atoms with Crippen molar-refractivity contribution in [1.29, 1.82) is 0 Å². The van der Waals surface area contributed by atoms with E-state index in [1.807, 2.05) is 46.4 Å². The monoisotopic (exact) mass is 728 g/mol. The quantitative estimate of drug-likeness (QED) is 0.160. The first-order chi connectivity index (χ1) is 25.8. The summed E-state index contributed by atoms with van der Waals surface area (Å²) in [5.74, 6) is 2.45. The van der Waals surface area contributed by atoms with Gasteiger partial charge in [-0.3, -0.25) is 4.90 Å². The zero-order valence-corrected chi connectivity index (χ0v) is 32.3. The van der Waals surface area contributed by atoms with Crippen LogP contribution in [-0.2, 0) is 22.3 Å². The fourth-order valence-corrected chi connectivity index (χ4v) is 8.46. The fourth-order valence-electron chi connectivity index (χ4n) is 8.46. The summed E-state index contributed by atoms with van der Waals surface area (Å²) in [5.41, 5.74) is 10.2. The predicted molar refractivity (Wildman–Crippen MR) is 211 cm³/mol. The number of hydrogen-bond acceptors (Lipinski definition) is 6. The highest BCUT2D eigenvalue weighted by molar-refractivity contribution is 5.83. The molecule has 3 unspecified atom stereocenters. The van der Waals surface area contributed by atoms with Gasteiger partial charge in [-0.2, -0.15) is 0 Å². The van der Waals surface area contributed by atoms with Crippen LogP contribution in [0.25, 0.3) is 44.5 Å². The van der Waals surface area contributed by atoms with Crippen LogP contribution in [0.1, 0.15) is 109 Å². The van der Waals surface area contributed by atoms with Crippen LogP contribution in [0.3, 0.4) is 0 Å². The van der Waals surface area contributed by atoms with E-state index in [4.69, 9.17) is 19.4 Å². The number of imidazole rings is 2. The van der Waals surface area contributed by atoms with Gasteiger partial charge in [0, 0.05) is 30.3 Å². The second kappa shape index (κ2) is 13.9. The molecule has 1 aliphatic heterocycles. The molecule has 5 aromatic rings. The van der Waals surface area contributed by atoms with Gasteiger partial charge in [-0.25, -0.2) is 19.6 Å². The summed E-state index contributed by atoms with van der Waals surface area (Å²) in [7, 11) is 0. The SMILES string of the molecule is CC(C)(C)OC(=O)NCC1CCCC1c1nc2ccc(-c3ccc(-c4ccc5c(c4)CCc4[nH]c(C6CCCN6C(=O)OC(C)(C)C)nc4-5)cc3)cc2[nH]1. The van der Waals surface area contributed by atoms with Crippen molar-refractivity contribution in [3.63, 3.8) is 0 Å². The Morgan fingerprint density at radius 1 is 0.778 bits per heavy atom. The highest BCUT2D eigenvalue weighted by Gasteiger charge is 2.36. The molecule has 54 heavy (non-hydrogen) atoms. The Morgan fingerprint density at radius 2 is 1.48 bits per heavy atom. The van der Waals surface area contributed by atoms with Crippen molar-refractivity contribution in [1.82, 2.24) is 30.2 Å². The first-order valence-corrected chi connectivity index (χ1v) is 19.6. The minimum absolute atomic E-state index is 0.0952. The lowest BCUT2D eigenvalue weighted by Crippen LogP contribution is -2.36. The number of fused-ring (bicyclic) bond motifs is 4. The second-order valence-electron chi connectivity index (χ2n) is 17.3. The zero-order chi connectivity index (χ0) is 37.8. The Kier molecular flexibility index (Phi) is 9.26. The molecule has 0 radical (unpaired) electrons. The third-order valence-corrected chi connectivity index (χ3v) is 11.0. The highest BCUT2D eigenvalue weighted by atomic mass is 16.6. The summed E-state index contributed by atoms with van der Waals surface area (Å²) in [6, 6.07) is 21.8. The Hall–Kier alpha value is -5.12. The summed E-state index contributed by atoms with van der Waals surface area (Å²) in [6.07, 6.45) is 6.22. The first-order valence-electron chi connectivity index (χ1n) is 19.6.